The minimum Gasteiger partial charge on any atom is -0.490 e. The van der Waals surface area contributed by atoms with Crippen LogP contribution in [-0.2, 0) is 4.74 Å². The maximum Gasteiger partial charge on any atom is 0.255 e. The molecule has 2 N–H and O–H groups in total. The summed E-state index contributed by atoms with van der Waals surface area (Å²) < 4.78 is 10.4. The number of ether oxygens (including phenoxy) is 2. The number of hydrogen-bond acceptors (Lipinski definition) is 4. The van der Waals surface area contributed by atoms with E-state index < -0.39 is 0 Å². The average Bonchev–Trinajstić information content (AvgIpc) is 2.45. The zero-order valence-electron chi connectivity index (χ0n) is 11.9. The Bertz CT molecular complexity index is 427. The molecule has 0 aliphatic rings. The second-order valence-electron chi connectivity index (χ2n) is 4.19. The Morgan fingerprint density at radius 3 is 2.80 bits per heavy atom. The van der Waals surface area contributed by atoms with E-state index in [0.717, 1.165) is 13.0 Å². The van der Waals surface area contributed by atoms with E-state index in [9.17, 15) is 4.79 Å². The Morgan fingerprint density at radius 1 is 1.30 bits per heavy atom. The van der Waals surface area contributed by atoms with E-state index in [1.807, 2.05) is 7.05 Å². The average molecular weight is 301 g/mol. The highest BCUT2D eigenvalue weighted by Gasteiger charge is 2.13. The lowest BCUT2D eigenvalue weighted by molar-refractivity contribution is 0.0945. The third-order valence-corrected chi connectivity index (χ3v) is 2.86. The number of benzene rings is 1. The first-order valence-electron chi connectivity index (χ1n) is 6.53. The number of carbonyl (C=O) groups is 1. The number of amides is 1. The Kier molecular flexibility index (Phi) is 8.02. The molecule has 5 nitrogen and oxygen atoms in total. The van der Waals surface area contributed by atoms with Gasteiger partial charge in [-0.15, -0.1) is 0 Å². The van der Waals surface area contributed by atoms with Crippen LogP contribution in [0.4, 0.5) is 0 Å². The highest BCUT2D eigenvalue weighted by Crippen LogP contribution is 2.22. The van der Waals surface area contributed by atoms with Crippen molar-refractivity contribution in [3.8, 4) is 5.75 Å². The van der Waals surface area contributed by atoms with E-state index in [4.69, 9.17) is 21.1 Å². The smallest absolute Gasteiger partial charge is 0.255 e. The summed E-state index contributed by atoms with van der Waals surface area (Å²) in [6.07, 6.45) is 0.864. The minimum atomic E-state index is -0.184. The number of carbonyl (C=O) groups excluding carboxylic acids is 1. The van der Waals surface area contributed by atoms with Gasteiger partial charge in [0.05, 0.1) is 12.2 Å². The SMILES string of the molecule is CNCCCNC(=O)c1cc(Cl)ccc1OCCOC. The lowest BCUT2D eigenvalue weighted by atomic mass is 10.2. The van der Waals surface area contributed by atoms with Crippen LogP contribution in [0, 0.1) is 0 Å². The fraction of sp³-hybridized carbons (Fsp3) is 0.500. The lowest BCUT2D eigenvalue weighted by Crippen LogP contribution is -2.27. The van der Waals surface area contributed by atoms with Crippen molar-refractivity contribution in [2.24, 2.45) is 0 Å². The lowest BCUT2D eigenvalue weighted by Gasteiger charge is -2.12. The molecule has 0 fully saturated rings. The quantitative estimate of drug-likeness (QED) is 0.682. The summed E-state index contributed by atoms with van der Waals surface area (Å²) in [7, 11) is 3.47. The molecule has 0 heterocycles. The molecule has 6 heteroatoms. The van der Waals surface area contributed by atoms with Gasteiger partial charge in [0.1, 0.15) is 12.4 Å². The summed E-state index contributed by atoms with van der Waals surface area (Å²) in [4.78, 5) is 12.1. The molecular weight excluding hydrogens is 280 g/mol. The van der Waals surface area contributed by atoms with E-state index >= 15 is 0 Å². The molecule has 0 saturated heterocycles. The fourth-order valence-electron chi connectivity index (χ4n) is 1.60. The highest BCUT2D eigenvalue weighted by atomic mass is 35.5. The Morgan fingerprint density at radius 2 is 2.10 bits per heavy atom. The van der Waals surface area contributed by atoms with Crippen LogP contribution in [0.2, 0.25) is 5.02 Å². The van der Waals surface area contributed by atoms with Crippen LogP contribution >= 0.6 is 11.6 Å². The molecular formula is C14H21ClN2O3. The van der Waals surface area contributed by atoms with Crippen LogP contribution < -0.4 is 15.4 Å². The van der Waals surface area contributed by atoms with Crippen molar-refractivity contribution in [1.29, 1.82) is 0 Å². The molecule has 0 atom stereocenters. The molecule has 0 unspecified atom stereocenters. The summed E-state index contributed by atoms with van der Waals surface area (Å²) in [5, 5.41) is 6.37. The molecule has 0 bridgehead atoms. The molecule has 0 aromatic heterocycles. The molecule has 1 amide bonds. The molecule has 1 aromatic rings. The van der Waals surface area contributed by atoms with Crippen LogP contribution in [0.25, 0.3) is 0 Å². The van der Waals surface area contributed by atoms with Crippen LogP contribution in [0.15, 0.2) is 18.2 Å². The molecule has 20 heavy (non-hydrogen) atoms. The van der Waals surface area contributed by atoms with E-state index in [1.54, 1.807) is 25.3 Å². The van der Waals surface area contributed by atoms with Crippen molar-refractivity contribution in [2.45, 2.75) is 6.42 Å². The Hall–Kier alpha value is -1.30. The van der Waals surface area contributed by atoms with E-state index in [0.29, 0.717) is 36.1 Å². The van der Waals surface area contributed by atoms with Gasteiger partial charge in [-0.05, 0) is 38.2 Å². The summed E-state index contributed by atoms with van der Waals surface area (Å²) in [6.45, 7) is 2.31. The van der Waals surface area contributed by atoms with Gasteiger partial charge < -0.3 is 20.1 Å². The Balaban J connectivity index is 2.64. The monoisotopic (exact) mass is 300 g/mol. The summed E-state index contributed by atoms with van der Waals surface area (Å²) in [6, 6.07) is 5.00. The molecule has 0 radical (unpaired) electrons. The van der Waals surface area contributed by atoms with Gasteiger partial charge in [0, 0.05) is 18.7 Å². The number of nitrogens with one attached hydrogen (secondary N) is 2. The van der Waals surface area contributed by atoms with Gasteiger partial charge in [-0.3, -0.25) is 4.79 Å². The van der Waals surface area contributed by atoms with Gasteiger partial charge in [-0.1, -0.05) is 11.6 Å². The highest BCUT2D eigenvalue weighted by molar-refractivity contribution is 6.31. The molecule has 0 aliphatic carbocycles. The first kappa shape index (κ1) is 16.8. The maximum atomic E-state index is 12.1. The van der Waals surface area contributed by atoms with E-state index in [2.05, 4.69) is 10.6 Å². The second-order valence-corrected chi connectivity index (χ2v) is 4.63. The predicted octanol–water partition coefficient (Wildman–Crippen LogP) is 1.70. The zero-order valence-corrected chi connectivity index (χ0v) is 12.6. The van der Waals surface area contributed by atoms with E-state index in [-0.39, 0.29) is 5.91 Å². The summed E-state index contributed by atoms with van der Waals surface area (Å²) in [5.74, 6) is 0.327. The third kappa shape index (κ3) is 5.77. The van der Waals surface area contributed by atoms with Gasteiger partial charge in [-0.25, -0.2) is 0 Å². The molecule has 0 saturated carbocycles. The van der Waals surface area contributed by atoms with Crippen LogP contribution in [-0.4, -0.2) is 46.4 Å². The van der Waals surface area contributed by atoms with Crippen molar-refractivity contribution in [3.05, 3.63) is 28.8 Å². The first-order valence-corrected chi connectivity index (χ1v) is 6.91. The third-order valence-electron chi connectivity index (χ3n) is 2.62. The predicted molar refractivity (Wildman–Crippen MR) is 79.7 cm³/mol. The molecule has 112 valence electrons. The van der Waals surface area contributed by atoms with Gasteiger partial charge in [0.25, 0.3) is 5.91 Å². The van der Waals surface area contributed by atoms with Crippen molar-refractivity contribution >= 4 is 17.5 Å². The molecule has 0 spiro atoms. The van der Waals surface area contributed by atoms with Crippen LogP contribution in [0.3, 0.4) is 0 Å². The van der Waals surface area contributed by atoms with Crippen LogP contribution in [0.5, 0.6) is 5.75 Å². The van der Waals surface area contributed by atoms with Crippen molar-refractivity contribution in [3.63, 3.8) is 0 Å². The Labute approximate surface area is 124 Å². The van der Waals surface area contributed by atoms with Gasteiger partial charge >= 0.3 is 0 Å². The summed E-state index contributed by atoms with van der Waals surface area (Å²) in [5.41, 5.74) is 0.443. The minimum absolute atomic E-state index is 0.184. The zero-order chi connectivity index (χ0) is 14.8. The van der Waals surface area contributed by atoms with Crippen LogP contribution in [0.1, 0.15) is 16.8 Å². The van der Waals surface area contributed by atoms with Gasteiger partial charge in [-0.2, -0.15) is 0 Å². The standard InChI is InChI=1S/C14H21ClN2O3/c1-16-6-3-7-17-14(18)12-10-11(15)4-5-13(12)20-9-8-19-2/h4-5,10,16H,3,6-9H2,1-2H3,(H,17,18). The largest absolute Gasteiger partial charge is 0.490 e. The number of hydrogen-bond donors (Lipinski definition) is 2. The van der Waals surface area contributed by atoms with Crippen molar-refractivity contribution in [1.82, 2.24) is 10.6 Å². The van der Waals surface area contributed by atoms with E-state index in [1.165, 1.54) is 0 Å². The van der Waals surface area contributed by atoms with Crippen molar-refractivity contribution in [2.75, 3.05) is 40.5 Å². The molecule has 1 aromatic carbocycles. The number of methoxy groups -OCH3 is 1. The van der Waals surface area contributed by atoms with Gasteiger partial charge in [0.15, 0.2) is 0 Å². The maximum absolute atomic E-state index is 12.1. The second kappa shape index (κ2) is 9.58. The topological polar surface area (TPSA) is 59.6 Å². The molecule has 0 aliphatic heterocycles. The first-order chi connectivity index (χ1) is 9.69. The normalized spacial score (nSPS) is 10.3. The van der Waals surface area contributed by atoms with Crippen molar-refractivity contribution < 1.29 is 14.3 Å². The summed E-state index contributed by atoms with van der Waals surface area (Å²) >= 11 is 5.94. The van der Waals surface area contributed by atoms with Gasteiger partial charge in [0.2, 0.25) is 0 Å². The molecule has 1 rings (SSSR count). The number of rotatable bonds is 9. The number of halogens is 1. The fourth-order valence-corrected chi connectivity index (χ4v) is 1.77.